The summed E-state index contributed by atoms with van der Waals surface area (Å²) in [5, 5.41) is 6.65. The summed E-state index contributed by atoms with van der Waals surface area (Å²) in [6, 6.07) is 8.69. The third-order valence-corrected chi connectivity index (χ3v) is 4.50. The normalized spacial score (nSPS) is 15.9. The van der Waals surface area contributed by atoms with Crippen molar-refractivity contribution in [2.24, 2.45) is 4.99 Å². The smallest absolute Gasteiger partial charge is 0.191 e. The van der Waals surface area contributed by atoms with Gasteiger partial charge in [-0.25, -0.2) is 4.99 Å². The van der Waals surface area contributed by atoms with Gasteiger partial charge in [-0.05, 0) is 31.9 Å². The summed E-state index contributed by atoms with van der Waals surface area (Å²) in [7, 11) is 1.73. The Hall–Kier alpha value is -0.900. The fraction of sp³-hybridized carbons (Fsp3) is 0.650. The number of rotatable bonds is 8. The Morgan fingerprint density at radius 1 is 1.22 bits per heavy atom. The first-order chi connectivity index (χ1) is 12.5. The van der Waals surface area contributed by atoms with Crippen molar-refractivity contribution in [1.82, 2.24) is 15.5 Å². The first-order valence-electron chi connectivity index (χ1n) is 9.47. The van der Waals surface area contributed by atoms with Gasteiger partial charge in [-0.2, -0.15) is 0 Å². The molecular weight excluding hydrogens is 455 g/mol. The van der Waals surface area contributed by atoms with Crippen LogP contribution < -0.4 is 10.6 Å². The first kappa shape index (κ1) is 24.1. The number of guanidine groups is 1. The van der Waals surface area contributed by atoms with E-state index in [1.807, 2.05) is 0 Å². The number of ether oxygens (including phenoxy) is 2. The molecule has 0 radical (unpaired) electrons. The molecule has 1 fully saturated rings. The maximum Gasteiger partial charge on any atom is 0.191 e. The van der Waals surface area contributed by atoms with E-state index in [2.05, 4.69) is 60.6 Å². The number of halogens is 1. The molecule has 1 aliphatic rings. The van der Waals surface area contributed by atoms with Crippen LogP contribution in [0.2, 0.25) is 0 Å². The quantitative estimate of drug-likeness (QED) is 0.334. The highest BCUT2D eigenvalue weighted by molar-refractivity contribution is 14.0. The molecule has 0 saturated carbocycles. The highest BCUT2D eigenvalue weighted by atomic mass is 127. The van der Waals surface area contributed by atoms with Gasteiger partial charge >= 0.3 is 0 Å². The van der Waals surface area contributed by atoms with E-state index in [0.717, 1.165) is 45.4 Å². The topological polar surface area (TPSA) is 58.1 Å². The number of hydrogen-bond acceptors (Lipinski definition) is 4. The van der Waals surface area contributed by atoms with Crippen LogP contribution in [0.15, 0.2) is 29.3 Å². The molecule has 0 unspecified atom stereocenters. The van der Waals surface area contributed by atoms with Crippen molar-refractivity contribution < 1.29 is 9.47 Å². The monoisotopic (exact) mass is 490 g/mol. The minimum absolute atomic E-state index is 0. The Balaban J connectivity index is 0.00000364. The summed E-state index contributed by atoms with van der Waals surface area (Å²) < 4.78 is 10.9. The number of aliphatic imine (C=N–C) groups is 1. The summed E-state index contributed by atoms with van der Waals surface area (Å²) in [6.45, 7) is 13.0. The highest BCUT2D eigenvalue weighted by Gasteiger charge is 2.16. The standard InChI is InChI=1S/C20H34N4O2.HI/c1-5-21-19(23-16-20(2,3)25-4)22-14-17-7-6-8-18(13-17)15-24-9-11-26-12-10-24;/h6-8,13H,5,9-12,14-16H2,1-4H3,(H2,21,22,23);1H. The highest BCUT2D eigenvalue weighted by Crippen LogP contribution is 2.11. The van der Waals surface area contributed by atoms with Crippen molar-refractivity contribution in [3.05, 3.63) is 35.4 Å². The summed E-state index contributed by atoms with van der Waals surface area (Å²) in [6.07, 6.45) is 0. The van der Waals surface area contributed by atoms with Crippen LogP contribution in [0, 0.1) is 0 Å². The Kier molecular flexibility index (Phi) is 11.2. The molecule has 1 aromatic rings. The summed E-state index contributed by atoms with van der Waals surface area (Å²) in [4.78, 5) is 7.15. The zero-order valence-corrected chi connectivity index (χ0v) is 19.4. The molecule has 0 spiro atoms. The van der Waals surface area contributed by atoms with Crippen molar-refractivity contribution in [2.75, 3.05) is 46.5 Å². The van der Waals surface area contributed by atoms with Crippen molar-refractivity contribution in [1.29, 1.82) is 0 Å². The Labute approximate surface area is 181 Å². The summed E-state index contributed by atoms with van der Waals surface area (Å²) in [5.41, 5.74) is 2.32. The lowest BCUT2D eigenvalue weighted by Crippen LogP contribution is -2.45. The van der Waals surface area contributed by atoms with Crippen molar-refractivity contribution in [2.45, 2.75) is 39.5 Å². The predicted octanol–water partition coefficient (Wildman–Crippen LogP) is 2.62. The molecule has 6 nitrogen and oxygen atoms in total. The van der Waals surface area contributed by atoms with Crippen LogP contribution >= 0.6 is 24.0 Å². The summed E-state index contributed by atoms with van der Waals surface area (Å²) >= 11 is 0. The van der Waals surface area contributed by atoms with Gasteiger partial charge in [0.05, 0.1) is 25.4 Å². The molecule has 2 rings (SSSR count). The van der Waals surface area contributed by atoms with E-state index in [0.29, 0.717) is 13.1 Å². The maximum absolute atomic E-state index is 5.46. The minimum Gasteiger partial charge on any atom is -0.379 e. The van der Waals surface area contributed by atoms with Gasteiger partial charge in [0.1, 0.15) is 0 Å². The van der Waals surface area contributed by atoms with E-state index in [1.54, 1.807) is 7.11 Å². The SMILES string of the molecule is CCNC(=NCc1cccc(CN2CCOCC2)c1)NCC(C)(C)OC.I. The molecule has 2 N–H and O–H groups in total. The van der Waals surface area contributed by atoms with Crippen molar-refractivity contribution in [3.8, 4) is 0 Å². The zero-order valence-electron chi connectivity index (χ0n) is 17.1. The molecule has 7 heteroatoms. The molecule has 0 aromatic heterocycles. The number of nitrogens with one attached hydrogen (secondary N) is 2. The minimum atomic E-state index is -0.228. The summed E-state index contributed by atoms with van der Waals surface area (Å²) in [5.74, 6) is 0.816. The molecule has 1 aliphatic heterocycles. The molecule has 1 aromatic carbocycles. The van der Waals surface area contributed by atoms with E-state index in [-0.39, 0.29) is 29.6 Å². The van der Waals surface area contributed by atoms with E-state index < -0.39 is 0 Å². The second-order valence-corrected chi connectivity index (χ2v) is 7.22. The number of benzene rings is 1. The van der Waals surface area contributed by atoms with Crippen LogP contribution in [0.5, 0.6) is 0 Å². The second kappa shape index (κ2) is 12.5. The van der Waals surface area contributed by atoms with E-state index in [1.165, 1.54) is 11.1 Å². The Morgan fingerprint density at radius 2 is 1.93 bits per heavy atom. The molecule has 0 amide bonds. The average Bonchev–Trinajstić information content (AvgIpc) is 2.65. The zero-order chi connectivity index (χ0) is 18.8. The van der Waals surface area contributed by atoms with Crippen LogP contribution in [0.3, 0.4) is 0 Å². The Bertz CT molecular complexity index is 575. The molecule has 0 atom stereocenters. The number of morpholine rings is 1. The molecule has 0 bridgehead atoms. The van der Waals surface area contributed by atoms with Crippen LogP contribution in [-0.2, 0) is 22.6 Å². The van der Waals surface area contributed by atoms with Crippen LogP contribution in [0.4, 0.5) is 0 Å². The van der Waals surface area contributed by atoms with Crippen molar-refractivity contribution >= 4 is 29.9 Å². The lowest BCUT2D eigenvalue weighted by atomic mass is 10.1. The van der Waals surface area contributed by atoms with Gasteiger partial charge in [-0.15, -0.1) is 24.0 Å². The Morgan fingerprint density at radius 3 is 2.59 bits per heavy atom. The third kappa shape index (κ3) is 9.23. The largest absolute Gasteiger partial charge is 0.379 e. The molecule has 154 valence electrons. The molecule has 27 heavy (non-hydrogen) atoms. The predicted molar refractivity (Wildman–Crippen MR) is 122 cm³/mol. The van der Waals surface area contributed by atoms with Gasteiger partial charge in [-0.1, -0.05) is 24.3 Å². The maximum atomic E-state index is 5.46. The number of methoxy groups -OCH3 is 1. The third-order valence-electron chi connectivity index (χ3n) is 4.50. The van der Waals surface area contributed by atoms with Gasteiger partial charge in [0.2, 0.25) is 0 Å². The lowest BCUT2D eigenvalue weighted by Gasteiger charge is -2.26. The van der Waals surface area contributed by atoms with Crippen molar-refractivity contribution in [3.63, 3.8) is 0 Å². The number of nitrogens with zero attached hydrogens (tertiary/aromatic N) is 2. The molecule has 1 heterocycles. The fourth-order valence-corrected chi connectivity index (χ4v) is 2.72. The van der Waals surface area contributed by atoms with Gasteiger partial charge < -0.3 is 20.1 Å². The molecule has 0 aliphatic carbocycles. The van der Waals surface area contributed by atoms with Gasteiger partial charge in [0, 0.05) is 39.8 Å². The second-order valence-electron chi connectivity index (χ2n) is 7.22. The van der Waals surface area contributed by atoms with Crippen LogP contribution in [-0.4, -0.2) is 63.0 Å². The average molecular weight is 490 g/mol. The fourth-order valence-electron chi connectivity index (χ4n) is 2.72. The lowest BCUT2D eigenvalue weighted by molar-refractivity contribution is 0.0268. The van der Waals surface area contributed by atoms with Crippen LogP contribution in [0.1, 0.15) is 31.9 Å². The van der Waals surface area contributed by atoms with E-state index in [9.17, 15) is 0 Å². The van der Waals surface area contributed by atoms with Gasteiger partial charge in [0.15, 0.2) is 5.96 Å². The van der Waals surface area contributed by atoms with Crippen LogP contribution in [0.25, 0.3) is 0 Å². The number of hydrogen-bond donors (Lipinski definition) is 2. The van der Waals surface area contributed by atoms with Gasteiger partial charge in [-0.3, -0.25) is 4.90 Å². The van der Waals surface area contributed by atoms with E-state index in [4.69, 9.17) is 14.5 Å². The molecule has 1 saturated heterocycles. The first-order valence-corrected chi connectivity index (χ1v) is 9.47. The van der Waals surface area contributed by atoms with E-state index >= 15 is 0 Å². The molecular formula is C20H35IN4O2. The van der Waals surface area contributed by atoms with Gasteiger partial charge in [0.25, 0.3) is 0 Å².